The molecule has 5 heteroatoms. The number of hydrogen-bond acceptors (Lipinski definition) is 2. The van der Waals surface area contributed by atoms with Gasteiger partial charge in [-0.3, -0.25) is 4.98 Å². The number of methoxy groups -OCH3 is 1. The molecule has 4 fully saturated rings. The van der Waals surface area contributed by atoms with Crippen LogP contribution in [0, 0.1) is 11.3 Å². The molecule has 4 aliphatic rings. The molecule has 28 heavy (non-hydrogen) atoms. The minimum Gasteiger partial charge on any atom is -0.506 e. The zero-order chi connectivity index (χ0) is 18.9. The van der Waals surface area contributed by atoms with Gasteiger partial charge in [-0.1, -0.05) is 18.2 Å². The molecule has 3 aromatic rings. The highest BCUT2D eigenvalue weighted by Gasteiger charge is 2.79. The number of para-hydroxylation sites is 1. The fourth-order valence-electron chi connectivity index (χ4n) is 6.71. The highest BCUT2D eigenvalue weighted by atomic mass is 16.5. The molecule has 2 aliphatic heterocycles. The molecule has 2 aromatic heterocycles. The van der Waals surface area contributed by atoms with Gasteiger partial charge in [-0.05, 0) is 43.0 Å². The first-order valence-electron chi connectivity index (χ1n) is 10.2. The van der Waals surface area contributed by atoms with Gasteiger partial charge in [-0.2, -0.15) is 0 Å². The Morgan fingerprint density at radius 3 is 3.04 bits per heavy atom. The van der Waals surface area contributed by atoms with Crippen molar-refractivity contribution in [2.45, 2.75) is 43.7 Å². The van der Waals surface area contributed by atoms with Crippen molar-refractivity contribution < 1.29 is 9.43 Å². The first kappa shape index (κ1) is 16.3. The van der Waals surface area contributed by atoms with Crippen LogP contribution in [-0.4, -0.2) is 27.8 Å². The van der Waals surface area contributed by atoms with E-state index in [1.807, 2.05) is 18.3 Å². The zero-order valence-electron chi connectivity index (χ0n) is 16.1. The number of aromatic amines is 1. The molecule has 0 spiro atoms. The summed E-state index contributed by atoms with van der Waals surface area (Å²) in [6.07, 6.45) is 9.33. The third kappa shape index (κ3) is 1.84. The molecule has 0 amide bonds. The smallest absolute Gasteiger partial charge is 0.201 e. The van der Waals surface area contributed by atoms with Crippen LogP contribution in [0.4, 0.5) is 0 Å². The van der Waals surface area contributed by atoms with Crippen LogP contribution in [0.3, 0.4) is 0 Å². The topological polar surface area (TPSA) is 63.2 Å². The van der Waals surface area contributed by atoms with Crippen molar-refractivity contribution in [3.05, 3.63) is 65.6 Å². The van der Waals surface area contributed by atoms with E-state index in [0.717, 1.165) is 37.1 Å². The maximum absolute atomic E-state index is 11.2. The minimum atomic E-state index is -0.377. The molecule has 1 N–H and O–H groups in total. The third-order valence-corrected chi connectivity index (χ3v) is 7.84. The van der Waals surface area contributed by atoms with E-state index >= 15 is 0 Å². The predicted octanol–water partition coefficient (Wildman–Crippen LogP) is 4.62. The summed E-state index contributed by atoms with van der Waals surface area (Å²) in [6, 6.07) is 12.6. The number of ether oxygens (including phenoxy) is 1. The first-order chi connectivity index (χ1) is 13.7. The van der Waals surface area contributed by atoms with Gasteiger partial charge in [0.25, 0.3) is 0 Å². The van der Waals surface area contributed by atoms with Gasteiger partial charge in [0, 0.05) is 47.5 Å². The van der Waals surface area contributed by atoms with Gasteiger partial charge in [-0.25, -0.2) is 0 Å². The number of pyridine rings is 1. The Labute approximate surface area is 164 Å². The van der Waals surface area contributed by atoms with Crippen LogP contribution >= 0.6 is 0 Å². The minimum absolute atomic E-state index is 0.167. The molecular formula is C23H24N4O. The van der Waals surface area contributed by atoms with Gasteiger partial charge in [0.05, 0.1) is 7.11 Å². The number of H-pyrrole nitrogens is 1. The normalized spacial score (nSPS) is 32.7. The number of aromatic nitrogens is 2. The van der Waals surface area contributed by atoms with E-state index in [4.69, 9.17) is 4.74 Å². The van der Waals surface area contributed by atoms with Crippen molar-refractivity contribution >= 4 is 10.9 Å². The summed E-state index contributed by atoms with van der Waals surface area (Å²) in [4.78, 5) is 8.08. The second-order valence-corrected chi connectivity index (χ2v) is 8.87. The fourth-order valence-corrected chi connectivity index (χ4v) is 6.71. The number of hydrogen-bond donors (Lipinski definition) is 1. The number of nitrogens with one attached hydrogen (secondary N) is 1. The number of nitrogens with zero attached hydrogens (tertiary/aromatic N) is 3. The monoisotopic (exact) mass is 372 g/mol. The summed E-state index contributed by atoms with van der Waals surface area (Å²) in [7, 11) is 1.69. The van der Waals surface area contributed by atoms with Gasteiger partial charge >= 0.3 is 0 Å². The number of piperidine rings is 1. The summed E-state index contributed by atoms with van der Waals surface area (Å²) < 4.78 is 7.27. The molecule has 0 radical (unpaired) electrons. The van der Waals surface area contributed by atoms with Crippen LogP contribution in [0.1, 0.15) is 36.9 Å². The summed E-state index contributed by atoms with van der Waals surface area (Å²) >= 11 is 0. The van der Waals surface area contributed by atoms with Crippen molar-refractivity contribution in [2.75, 3.05) is 7.11 Å². The van der Waals surface area contributed by atoms with E-state index < -0.39 is 0 Å². The predicted molar refractivity (Wildman–Crippen MR) is 106 cm³/mol. The summed E-state index contributed by atoms with van der Waals surface area (Å²) in [5, 5.41) is 1.32. The molecule has 4 bridgehead atoms. The molecule has 4 heterocycles. The van der Waals surface area contributed by atoms with E-state index in [2.05, 4.69) is 40.4 Å². The summed E-state index contributed by atoms with van der Waals surface area (Å²) in [5.74, 6) is 1.25. The lowest BCUT2D eigenvalue weighted by atomic mass is 9.75. The largest absolute Gasteiger partial charge is 0.506 e. The second-order valence-electron chi connectivity index (χ2n) is 8.87. The van der Waals surface area contributed by atoms with Crippen LogP contribution in [0.15, 0.2) is 48.8 Å². The highest BCUT2D eigenvalue weighted by Crippen LogP contribution is 2.73. The van der Waals surface area contributed by atoms with Crippen molar-refractivity contribution in [2.24, 2.45) is 11.3 Å². The Morgan fingerprint density at radius 2 is 2.18 bits per heavy atom. The molecule has 7 rings (SSSR count). The molecule has 2 unspecified atom stereocenters. The Balaban J connectivity index is 1.34. The number of fused-ring (bicyclic) bond motifs is 1. The molecule has 2 saturated carbocycles. The lowest BCUT2D eigenvalue weighted by Crippen LogP contribution is -2.36. The van der Waals surface area contributed by atoms with Gasteiger partial charge in [0.15, 0.2) is 5.69 Å². The zero-order valence-corrected chi connectivity index (χ0v) is 16.1. The number of benzene rings is 1. The maximum atomic E-state index is 11.2. The quantitative estimate of drug-likeness (QED) is 0.665. The van der Waals surface area contributed by atoms with Crippen LogP contribution < -0.4 is 4.74 Å². The fraction of sp³-hybridized carbons (Fsp3) is 0.435. The Kier molecular flexibility index (Phi) is 3.16. The molecule has 1 aromatic carbocycles. The Morgan fingerprint density at radius 1 is 1.29 bits per heavy atom. The lowest BCUT2D eigenvalue weighted by molar-refractivity contribution is -0.638. The maximum Gasteiger partial charge on any atom is 0.201 e. The average Bonchev–Trinajstić information content (AvgIpc) is 3.49. The van der Waals surface area contributed by atoms with Crippen molar-refractivity contribution in [1.82, 2.24) is 9.97 Å². The van der Waals surface area contributed by atoms with Crippen LogP contribution in [-0.2, 0) is 12.0 Å². The van der Waals surface area contributed by atoms with Gasteiger partial charge in [0.1, 0.15) is 11.8 Å². The van der Waals surface area contributed by atoms with E-state index in [1.165, 1.54) is 22.9 Å². The molecule has 142 valence electrons. The second kappa shape index (κ2) is 5.43. The number of rotatable bonds is 5. The lowest BCUT2D eigenvalue weighted by Gasteiger charge is -2.28. The van der Waals surface area contributed by atoms with Gasteiger partial charge in [-0.15, -0.1) is 0 Å². The average molecular weight is 372 g/mol. The number of aryl methyl sites for hydroxylation is 1. The Bertz CT molecular complexity index is 1100. The van der Waals surface area contributed by atoms with E-state index in [-0.39, 0.29) is 17.0 Å². The van der Waals surface area contributed by atoms with Gasteiger partial charge in [0.2, 0.25) is 5.54 Å². The molecule has 2 aliphatic carbocycles. The van der Waals surface area contributed by atoms with Crippen molar-refractivity contribution in [3.8, 4) is 5.75 Å². The van der Waals surface area contributed by atoms with Crippen molar-refractivity contribution in [3.63, 3.8) is 0 Å². The van der Waals surface area contributed by atoms with E-state index in [1.54, 1.807) is 11.8 Å². The van der Waals surface area contributed by atoms with Crippen LogP contribution in [0.2, 0.25) is 0 Å². The van der Waals surface area contributed by atoms with Crippen molar-refractivity contribution in [1.29, 1.82) is 0 Å². The SMILES string of the molecule is COc1cccnc1C12C[C@]3(CCc4c[nH]c5ccccc45)C[C@H]1CC3[N+]2=[N-]. The van der Waals surface area contributed by atoms with Crippen LogP contribution in [0.25, 0.3) is 16.4 Å². The summed E-state index contributed by atoms with van der Waals surface area (Å²) in [5.41, 5.74) is 14.5. The highest BCUT2D eigenvalue weighted by molar-refractivity contribution is 5.83. The Hall–Kier alpha value is -2.69. The summed E-state index contributed by atoms with van der Waals surface area (Å²) in [6.45, 7) is 0. The molecular weight excluding hydrogens is 348 g/mol. The molecule has 4 atom stereocenters. The third-order valence-electron chi connectivity index (χ3n) is 7.84. The van der Waals surface area contributed by atoms with Gasteiger partial charge < -0.3 is 19.9 Å². The van der Waals surface area contributed by atoms with Crippen LogP contribution in [0.5, 0.6) is 5.75 Å². The first-order valence-corrected chi connectivity index (χ1v) is 10.2. The van der Waals surface area contributed by atoms with E-state index in [9.17, 15) is 5.53 Å². The molecule has 2 saturated heterocycles. The molecule has 5 nitrogen and oxygen atoms in total. The standard InChI is InChI=1S/C23H24N4O/c1-28-19-7-4-10-25-21(19)23-14-22(12-16(23)11-20(22)27(23)24)9-8-15-13-26-18-6-3-2-5-17(15)18/h2-7,10,13,16,20,26H,8-9,11-12,14H2,1H3/t16-,20?,22+,23?/m1/s1. The van der Waals surface area contributed by atoms with E-state index in [0.29, 0.717) is 5.92 Å².